The van der Waals surface area contributed by atoms with Crippen LogP contribution in [0, 0.1) is 6.92 Å². The van der Waals surface area contributed by atoms with E-state index >= 15 is 0 Å². The molecule has 3 rings (SSSR count). The number of rotatable bonds is 2. The van der Waals surface area contributed by atoms with Crippen molar-refractivity contribution in [1.29, 1.82) is 0 Å². The van der Waals surface area contributed by atoms with Crippen molar-refractivity contribution in [2.45, 2.75) is 38.5 Å². The highest BCUT2D eigenvalue weighted by Crippen LogP contribution is 2.38. The molecule has 1 atom stereocenters. The van der Waals surface area contributed by atoms with E-state index in [4.69, 9.17) is 5.73 Å². The molecule has 0 saturated heterocycles. The molecule has 1 aliphatic carbocycles. The predicted octanol–water partition coefficient (Wildman–Crippen LogP) is 2.27. The molecule has 0 bridgehead atoms. The lowest BCUT2D eigenvalue weighted by atomic mass is 9.71. The minimum absolute atomic E-state index is 0.00734. The topological polar surface area (TPSA) is 67.9 Å². The van der Waals surface area contributed by atoms with Crippen molar-refractivity contribution in [3.63, 3.8) is 0 Å². The van der Waals surface area contributed by atoms with E-state index in [9.17, 15) is 0 Å². The van der Waals surface area contributed by atoms with Gasteiger partial charge in [0.2, 0.25) is 0 Å². The van der Waals surface area contributed by atoms with Gasteiger partial charge < -0.3 is 10.6 Å². The second kappa shape index (κ2) is 5.23. The summed E-state index contributed by atoms with van der Waals surface area (Å²) in [6.45, 7) is 4.38. The summed E-state index contributed by atoms with van der Waals surface area (Å²) in [5.74, 6) is 1.50. The summed E-state index contributed by atoms with van der Waals surface area (Å²) in [4.78, 5) is 6.47. The first-order chi connectivity index (χ1) is 10.4. The predicted molar refractivity (Wildman–Crippen MR) is 89.1 cm³/mol. The van der Waals surface area contributed by atoms with Gasteiger partial charge in [-0.25, -0.2) is 4.98 Å². The van der Waals surface area contributed by atoms with E-state index in [0.717, 1.165) is 36.5 Å². The highest BCUT2D eigenvalue weighted by atomic mass is 15.2. The molecule has 116 valence electrons. The van der Waals surface area contributed by atoms with Crippen molar-refractivity contribution in [3.8, 4) is 0 Å². The van der Waals surface area contributed by atoms with Gasteiger partial charge in [-0.05, 0) is 55.5 Å². The summed E-state index contributed by atoms with van der Waals surface area (Å²) >= 11 is 0. The molecule has 2 heterocycles. The molecule has 0 amide bonds. The van der Waals surface area contributed by atoms with Crippen molar-refractivity contribution in [2.24, 2.45) is 0 Å². The summed E-state index contributed by atoms with van der Waals surface area (Å²) in [6.07, 6.45) is 2.90. The Kier molecular flexibility index (Phi) is 3.51. The van der Waals surface area contributed by atoms with Crippen molar-refractivity contribution in [3.05, 3.63) is 40.7 Å². The summed E-state index contributed by atoms with van der Waals surface area (Å²) in [5, 5.41) is 8.81. The van der Waals surface area contributed by atoms with Gasteiger partial charge >= 0.3 is 0 Å². The molecule has 5 heteroatoms. The average molecular weight is 297 g/mol. The van der Waals surface area contributed by atoms with Crippen LogP contribution in [0.5, 0.6) is 0 Å². The maximum Gasteiger partial charge on any atom is 0.150 e. The van der Waals surface area contributed by atoms with Crippen LogP contribution in [0.1, 0.15) is 35.9 Å². The number of anilines is 2. The first kappa shape index (κ1) is 14.8. The van der Waals surface area contributed by atoms with E-state index in [-0.39, 0.29) is 5.41 Å². The van der Waals surface area contributed by atoms with Crippen LogP contribution in [-0.4, -0.2) is 29.3 Å². The van der Waals surface area contributed by atoms with Crippen LogP contribution in [0.15, 0.2) is 18.2 Å². The van der Waals surface area contributed by atoms with Gasteiger partial charge in [-0.3, -0.25) is 0 Å². The van der Waals surface area contributed by atoms with Crippen LogP contribution in [0.4, 0.5) is 11.6 Å². The fourth-order valence-corrected chi connectivity index (χ4v) is 3.22. The lowest BCUT2D eigenvalue weighted by molar-refractivity contribution is 0.388. The quantitative estimate of drug-likeness (QED) is 0.921. The number of fused-ring (bicyclic) bond motifs is 1. The molecule has 0 spiro atoms. The molecule has 0 fully saturated rings. The smallest absolute Gasteiger partial charge is 0.150 e. The molecule has 0 saturated carbocycles. The third kappa shape index (κ3) is 2.51. The Morgan fingerprint density at radius 2 is 2.00 bits per heavy atom. The first-order valence-corrected chi connectivity index (χ1v) is 7.65. The molecular weight excluding hydrogens is 274 g/mol. The summed E-state index contributed by atoms with van der Waals surface area (Å²) in [7, 11) is 3.95. The summed E-state index contributed by atoms with van der Waals surface area (Å²) in [5.41, 5.74) is 10.6. The van der Waals surface area contributed by atoms with Gasteiger partial charge in [-0.1, -0.05) is 6.92 Å². The molecule has 0 aliphatic heterocycles. The van der Waals surface area contributed by atoms with Crippen LogP contribution in [-0.2, 0) is 18.3 Å². The van der Waals surface area contributed by atoms with Gasteiger partial charge in [0.1, 0.15) is 5.82 Å². The number of nitrogens with zero attached hydrogens (tertiary/aromatic N) is 4. The molecule has 2 aromatic heterocycles. The molecule has 0 aromatic carbocycles. The van der Waals surface area contributed by atoms with Gasteiger partial charge in [0.05, 0.1) is 5.69 Å². The second-order valence-electron chi connectivity index (χ2n) is 6.70. The number of aryl methyl sites for hydroxylation is 2. The zero-order chi connectivity index (χ0) is 15.9. The standard InChI is InChI=1S/C17H23N5/c1-11-9-15(18)19-13-7-8-17(2,10-12(11)13)14-5-6-16(21-20-14)22(3)4/h5-6,9H,7-8,10H2,1-4H3,(H2,18,19). The van der Waals surface area contributed by atoms with E-state index in [1.54, 1.807) is 0 Å². The molecule has 2 N–H and O–H groups in total. The lowest BCUT2D eigenvalue weighted by Crippen LogP contribution is -2.32. The average Bonchev–Trinajstić information content (AvgIpc) is 2.48. The molecular formula is C17H23N5. The van der Waals surface area contributed by atoms with Crippen LogP contribution in [0.2, 0.25) is 0 Å². The molecule has 5 nitrogen and oxygen atoms in total. The number of nitrogens with two attached hydrogens (primary N) is 1. The minimum atomic E-state index is 0.00734. The number of hydrogen-bond acceptors (Lipinski definition) is 5. The number of aromatic nitrogens is 3. The third-order valence-corrected chi connectivity index (χ3v) is 4.66. The Morgan fingerprint density at radius 1 is 1.23 bits per heavy atom. The fraction of sp³-hybridized carbons (Fsp3) is 0.471. The highest BCUT2D eigenvalue weighted by Gasteiger charge is 2.34. The van der Waals surface area contributed by atoms with E-state index in [2.05, 4.69) is 35.1 Å². The first-order valence-electron chi connectivity index (χ1n) is 7.65. The fourth-order valence-electron chi connectivity index (χ4n) is 3.22. The Bertz CT molecular complexity index is 693. The Hall–Kier alpha value is -2.17. The molecule has 1 unspecified atom stereocenters. The monoisotopic (exact) mass is 297 g/mol. The van der Waals surface area contributed by atoms with Crippen molar-refractivity contribution >= 4 is 11.6 Å². The largest absolute Gasteiger partial charge is 0.384 e. The number of nitrogen functional groups attached to an aromatic ring is 1. The van der Waals surface area contributed by atoms with Crippen LogP contribution >= 0.6 is 0 Å². The van der Waals surface area contributed by atoms with Crippen LogP contribution in [0.3, 0.4) is 0 Å². The van der Waals surface area contributed by atoms with Gasteiger partial charge in [0.25, 0.3) is 0 Å². The Balaban J connectivity index is 1.94. The van der Waals surface area contributed by atoms with E-state index in [1.165, 1.54) is 11.1 Å². The van der Waals surface area contributed by atoms with Gasteiger partial charge in [-0.2, -0.15) is 5.10 Å². The highest BCUT2D eigenvalue weighted by molar-refractivity contribution is 5.44. The normalized spacial score (nSPS) is 20.5. The molecule has 2 aromatic rings. The second-order valence-corrected chi connectivity index (χ2v) is 6.70. The van der Waals surface area contributed by atoms with E-state index < -0.39 is 0 Å². The van der Waals surface area contributed by atoms with Crippen LogP contribution < -0.4 is 10.6 Å². The molecule has 0 radical (unpaired) electrons. The Labute approximate surface area is 131 Å². The maximum absolute atomic E-state index is 5.87. The van der Waals surface area contributed by atoms with E-state index in [0.29, 0.717) is 5.82 Å². The minimum Gasteiger partial charge on any atom is -0.384 e. The van der Waals surface area contributed by atoms with Crippen molar-refractivity contribution in [1.82, 2.24) is 15.2 Å². The van der Waals surface area contributed by atoms with Gasteiger partial charge in [0, 0.05) is 25.2 Å². The molecule has 1 aliphatic rings. The van der Waals surface area contributed by atoms with Gasteiger partial charge in [0.15, 0.2) is 5.82 Å². The maximum atomic E-state index is 5.87. The SMILES string of the molecule is Cc1cc(N)nc2c1CC(C)(c1ccc(N(C)C)nn1)CC2. The van der Waals surface area contributed by atoms with Crippen molar-refractivity contribution in [2.75, 3.05) is 24.7 Å². The zero-order valence-corrected chi connectivity index (χ0v) is 13.7. The lowest BCUT2D eigenvalue weighted by Gasteiger charge is -2.34. The molecule has 22 heavy (non-hydrogen) atoms. The third-order valence-electron chi connectivity index (χ3n) is 4.66. The Morgan fingerprint density at radius 3 is 2.64 bits per heavy atom. The van der Waals surface area contributed by atoms with Crippen molar-refractivity contribution < 1.29 is 0 Å². The number of pyridine rings is 1. The van der Waals surface area contributed by atoms with E-state index in [1.807, 2.05) is 31.1 Å². The number of hydrogen-bond donors (Lipinski definition) is 1. The summed E-state index contributed by atoms with van der Waals surface area (Å²) in [6, 6.07) is 6.11. The van der Waals surface area contributed by atoms with Crippen LogP contribution in [0.25, 0.3) is 0 Å². The zero-order valence-electron chi connectivity index (χ0n) is 13.7. The van der Waals surface area contributed by atoms with Gasteiger partial charge in [-0.15, -0.1) is 5.10 Å². The summed E-state index contributed by atoms with van der Waals surface area (Å²) < 4.78 is 0.